The van der Waals surface area contributed by atoms with Gasteiger partial charge in [-0.3, -0.25) is 14.8 Å². The summed E-state index contributed by atoms with van der Waals surface area (Å²) in [5, 5.41) is 10.7. The lowest BCUT2D eigenvalue weighted by Crippen LogP contribution is -2.12. The van der Waals surface area contributed by atoms with E-state index in [2.05, 4.69) is 25.6 Å². The van der Waals surface area contributed by atoms with E-state index in [0.717, 1.165) is 6.07 Å². The fraction of sp³-hybridized carbons (Fsp3) is 0. The van der Waals surface area contributed by atoms with Gasteiger partial charge in [0.1, 0.15) is 8.81 Å². The first-order valence-corrected chi connectivity index (χ1v) is 8.35. The number of nitrogens with zero attached hydrogens (tertiary/aromatic N) is 2. The highest BCUT2D eigenvalue weighted by molar-refractivity contribution is 9.10. The quantitative estimate of drug-likeness (QED) is 0.484. The Morgan fingerprint density at radius 3 is 2.75 bits per heavy atom. The standard InChI is InChI=1S/C9H5BrClN3O4S2/c10-8-5(2-1-3-12-8)13-20(17,18)7-4-6(14(15)16)9(11)19-7/h1-4,13H. The molecule has 0 fully saturated rings. The molecule has 7 nitrogen and oxygen atoms in total. The Bertz CT molecular complexity index is 777. The molecule has 0 unspecified atom stereocenters. The minimum Gasteiger partial charge on any atom is -0.276 e. The van der Waals surface area contributed by atoms with E-state index in [1.807, 2.05) is 0 Å². The van der Waals surface area contributed by atoms with E-state index in [1.165, 1.54) is 12.3 Å². The summed E-state index contributed by atoms with van der Waals surface area (Å²) >= 11 is 9.35. The highest BCUT2D eigenvalue weighted by Crippen LogP contribution is 2.37. The zero-order valence-corrected chi connectivity index (χ0v) is 13.4. The van der Waals surface area contributed by atoms with Crippen molar-refractivity contribution in [3.05, 3.63) is 43.4 Å². The number of anilines is 1. The molecule has 0 spiro atoms. The van der Waals surface area contributed by atoms with Crippen LogP contribution < -0.4 is 4.72 Å². The first-order chi connectivity index (χ1) is 9.31. The van der Waals surface area contributed by atoms with Crippen molar-refractivity contribution in [1.29, 1.82) is 0 Å². The first-order valence-electron chi connectivity index (χ1n) is 4.88. The number of hydrogen-bond acceptors (Lipinski definition) is 6. The maximum atomic E-state index is 12.1. The predicted octanol–water partition coefficient (Wildman–Crippen LogP) is 3.27. The lowest BCUT2D eigenvalue weighted by atomic mass is 10.4. The van der Waals surface area contributed by atoms with Crippen molar-refractivity contribution < 1.29 is 13.3 Å². The summed E-state index contributed by atoms with van der Waals surface area (Å²) in [5.74, 6) is 0. The van der Waals surface area contributed by atoms with E-state index in [9.17, 15) is 18.5 Å². The second-order valence-electron chi connectivity index (χ2n) is 3.43. The van der Waals surface area contributed by atoms with Gasteiger partial charge >= 0.3 is 0 Å². The molecule has 1 N–H and O–H groups in total. The summed E-state index contributed by atoms with van der Waals surface area (Å²) in [4.78, 5) is 13.8. The number of hydrogen-bond donors (Lipinski definition) is 1. The summed E-state index contributed by atoms with van der Waals surface area (Å²) in [6, 6.07) is 3.96. The summed E-state index contributed by atoms with van der Waals surface area (Å²) < 4.78 is 26.4. The molecule has 0 aromatic carbocycles. The average molecular weight is 399 g/mol. The van der Waals surface area contributed by atoms with E-state index in [4.69, 9.17) is 11.6 Å². The van der Waals surface area contributed by atoms with Crippen LogP contribution >= 0.6 is 38.9 Å². The highest BCUT2D eigenvalue weighted by atomic mass is 79.9. The topological polar surface area (TPSA) is 102 Å². The first kappa shape index (κ1) is 15.2. The maximum absolute atomic E-state index is 12.1. The Morgan fingerprint density at radius 1 is 1.50 bits per heavy atom. The van der Waals surface area contributed by atoms with Crippen LogP contribution in [0.15, 0.2) is 33.2 Å². The number of halogens is 2. The monoisotopic (exact) mass is 397 g/mol. The van der Waals surface area contributed by atoms with Crippen LogP contribution in [0.2, 0.25) is 4.34 Å². The van der Waals surface area contributed by atoms with Gasteiger partial charge in [0.2, 0.25) is 0 Å². The number of nitro groups is 1. The van der Waals surface area contributed by atoms with Crippen molar-refractivity contribution in [1.82, 2.24) is 4.98 Å². The zero-order valence-electron chi connectivity index (χ0n) is 9.41. The van der Waals surface area contributed by atoms with Gasteiger partial charge in [-0.25, -0.2) is 13.4 Å². The van der Waals surface area contributed by atoms with Gasteiger partial charge in [-0.15, -0.1) is 11.3 Å². The number of sulfonamides is 1. The third-order valence-electron chi connectivity index (χ3n) is 2.11. The van der Waals surface area contributed by atoms with Crippen molar-refractivity contribution in [3.8, 4) is 0 Å². The molecule has 0 radical (unpaired) electrons. The van der Waals surface area contributed by atoms with E-state index >= 15 is 0 Å². The molecule has 0 aliphatic heterocycles. The molecule has 106 valence electrons. The van der Waals surface area contributed by atoms with Gasteiger partial charge in [0.15, 0.2) is 4.34 Å². The molecule has 2 heterocycles. The van der Waals surface area contributed by atoms with E-state index in [-0.39, 0.29) is 14.2 Å². The lowest BCUT2D eigenvalue weighted by molar-refractivity contribution is -0.384. The van der Waals surface area contributed by atoms with Crippen LogP contribution in [0.25, 0.3) is 0 Å². The third-order valence-corrected chi connectivity index (χ3v) is 5.92. The van der Waals surface area contributed by atoms with Gasteiger partial charge in [-0.05, 0) is 28.1 Å². The second-order valence-corrected chi connectivity index (χ2v) is 7.74. The largest absolute Gasteiger partial charge is 0.300 e. The molecule has 0 saturated heterocycles. The summed E-state index contributed by atoms with van der Waals surface area (Å²) in [6.45, 7) is 0. The Labute approximate surface area is 130 Å². The molecule has 0 bridgehead atoms. The van der Waals surface area contributed by atoms with Gasteiger partial charge < -0.3 is 0 Å². The van der Waals surface area contributed by atoms with Crippen molar-refractivity contribution in [2.75, 3.05) is 4.72 Å². The molecule has 0 amide bonds. The van der Waals surface area contributed by atoms with Crippen LogP contribution in [-0.2, 0) is 10.0 Å². The number of thiophene rings is 1. The Kier molecular flexibility index (Phi) is 4.28. The van der Waals surface area contributed by atoms with Gasteiger partial charge in [-0.1, -0.05) is 11.6 Å². The Morgan fingerprint density at radius 2 is 2.20 bits per heavy atom. The Balaban J connectivity index is 2.39. The minimum absolute atomic E-state index is 0.194. The van der Waals surface area contributed by atoms with E-state index < -0.39 is 20.6 Å². The molecule has 0 atom stereocenters. The minimum atomic E-state index is -3.96. The van der Waals surface area contributed by atoms with Crippen LogP contribution in [0.5, 0.6) is 0 Å². The summed E-state index contributed by atoms with van der Waals surface area (Å²) in [6.07, 6.45) is 1.48. The fourth-order valence-electron chi connectivity index (χ4n) is 1.25. The summed E-state index contributed by atoms with van der Waals surface area (Å²) in [5.41, 5.74) is -0.220. The van der Waals surface area contributed by atoms with Crippen LogP contribution in [0.3, 0.4) is 0 Å². The molecule has 2 rings (SSSR count). The molecule has 11 heteroatoms. The molecule has 0 aliphatic rings. The number of nitrogens with one attached hydrogen (secondary N) is 1. The molecular weight excluding hydrogens is 394 g/mol. The van der Waals surface area contributed by atoms with Crippen LogP contribution in [0, 0.1) is 10.1 Å². The normalized spacial score (nSPS) is 11.3. The van der Waals surface area contributed by atoms with Crippen LogP contribution in [-0.4, -0.2) is 18.3 Å². The summed E-state index contributed by atoms with van der Waals surface area (Å²) in [7, 11) is -3.96. The molecule has 0 aliphatic carbocycles. The molecular formula is C9H5BrClN3O4S2. The SMILES string of the molecule is O=[N+]([O-])c1cc(S(=O)(=O)Nc2cccnc2Br)sc1Cl. The number of rotatable bonds is 4. The Hall–Kier alpha value is -1.23. The predicted molar refractivity (Wildman–Crippen MR) is 78.7 cm³/mol. The average Bonchev–Trinajstić information content (AvgIpc) is 2.75. The molecule has 2 aromatic rings. The van der Waals surface area contributed by atoms with E-state index in [0.29, 0.717) is 15.9 Å². The fourth-order valence-corrected chi connectivity index (χ4v) is 4.46. The molecule has 2 aromatic heterocycles. The smallest absolute Gasteiger partial charge is 0.276 e. The van der Waals surface area contributed by atoms with Crippen molar-refractivity contribution in [2.24, 2.45) is 0 Å². The van der Waals surface area contributed by atoms with Crippen LogP contribution in [0.4, 0.5) is 11.4 Å². The molecule has 0 saturated carbocycles. The lowest BCUT2D eigenvalue weighted by Gasteiger charge is -2.06. The second kappa shape index (κ2) is 5.64. The zero-order chi connectivity index (χ0) is 14.9. The number of pyridine rings is 1. The number of aromatic nitrogens is 1. The highest BCUT2D eigenvalue weighted by Gasteiger charge is 2.25. The van der Waals surface area contributed by atoms with Gasteiger partial charge in [0.05, 0.1) is 10.6 Å². The van der Waals surface area contributed by atoms with Gasteiger partial charge in [0.25, 0.3) is 15.7 Å². The maximum Gasteiger partial charge on any atom is 0.300 e. The van der Waals surface area contributed by atoms with Crippen LogP contribution in [0.1, 0.15) is 0 Å². The van der Waals surface area contributed by atoms with Crippen molar-refractivity contribution in [3.63, 3.8) is 0 Å². The van der Waals surface area contributed by atoms with Gasteiger partial charge in [0, 0.05) is 12.3 Å². The van der Waals surface area contributed by atoms with Crippen molar-refractivity contribution in [2.45, 2.75) is 4.21 Å². The van der Waals surface area contributed by atoms with Crippen molar-refractivity contribution >= 4 is 60.3 Å². The third kappa shape index (κ3) is 3.08. The molecule has 20 heavy (non-hydrogen) atoms. The van der Waals surface area contributed by atoms with Gasteiger partial charge in [-0.2, -0.15) is 0 Å². The van der Waals surface area contributed by atoms with E-state index in [1.54, 1.807) is 6.07 Å².